The minimum atomic E-state index is -1.20. The van der Waals surface area contributed by atoms with Crippen LogP contribution >= 0.6 is 0 Å². The predicted octanol–water partition coefficient (Wildman–Crippen LogP) is 2.86. The van der Waals surface area contributed by atoms with Gasteiger partial charge in [-0.2, -0.15) is 0 Å². The lowest BCUT2D eigenvalue weighted by molar-refractivity contribution is 0.0927. The van der Waals surface area contributed by atoms with E-state index in [9.17, 15) is 9.00 Å². The molecule has 1 amide bonds. The van der Waals surface area contributed by atoms with Gasteiger partial charge in [0.2, 0.25) is 0 Å². The van der Waals surface area contributed by atoms with Crippen molar-refractivity contribution in [3.63, 3.8) is 0 Å². The van der Waals surface area contributed by atoms with E-state index in [4.69, 9.17) is 4.74 Å². The number of nitrogens with one attached hydrogen (secondary N) is 2. The number of hydrogen-bond donors (Lipinski definition) is 2. The normalized spacial score (nSPS) is 20.5. The van der Waals surface area contributed by atoms with Crippen LogP contribution in [0, 0.1) is 5.92 Å². The molecule has 0 radical (unpaired) electrons. The van der Waals surface area contributed by atoms with Gasteiger partial charge >= 0.3 is 0 Å². The standard InChI is InChI=1S/C20H30N2O3S/c1-26(24)19-13-16(20(23)22-17-5-3-2-4-6-17)7-8-18(19)25-14-15-9-11-21-12-10-15/h7-8,13,15,17,21H,2-6,9-12,14H2,1H3,(H,22,23). The van der Waals surface area contributed by atoms with Gasteiger partial charge in [0.25, 0.3) is 5.91 Å². The molecule has 0 aromatic heterocycles. The third kappa shape index (κ3) is 5.30. The fraction of sp³-hybridized carbons (Fsp3) is 0.650. The molecular formula is C20H30N2O3S. The van der Waals surface area contributed by atoms with Crippen LogP contribution in [-0.4, -0.2) is 42.1 Å². The van der Waals surface area contributed by atoms with Crippen LogP contribution in [0.2, 0.25) is 0 Å². The molecule has 1 heterocycles. The highest BCUT2D eigenvalue weighted by Crippen LogP contribution is 2.25. The van der Waals surface area contributed by atoms with E-state index in [-0.39, 0.29) is 11.9 Å². The Morgan fingerprint density at radius 1 is 1.19 bits per heavy atom. The topological polar surface area (TPSA) is 67.4 Å². The lowest BCUT2D eigenvalue weighted by Crippen LogP contribution is -2.36. The minimum Gasteiger partial charge on any atom is -0.492 e. The molecule has 1 aliphatic carbocycles. The Kier molecular flexibility index (Phi) is 7.08. The van der Waals surface area contributed by atoms with Crippen LogP contribution in [0.5, 0.6) is 5.75 Å². The van der Waals surface area contributed by atoms with Gasteiger partial charge in [-0.1, -0.05) is 19.3 Å². The van der Waals surface area contributed by atoms with Crippen LogP contribution in [-0.2, 0) is 10.8 Å². The summed E-state index contributed by atoms with van der Waals surface area (Å²) in [4.78, 5) is 13.2. The molecule has 1 aliphatic heterocycles. The van der Waals surface area contributed by atoms with Crippen molar-refractivity contribution in [3.8, 4) is 5.75 Å². The number of rotatable bonds is 6. The number of carbonyl (C=O) groups is 1. The van der Waals surface area contributed by atoms with Crippen molar-refractivity contribution in [2.45, 2.75) is 55.9 Å². The van der Waals surface area contributed by atoms with Crippen molar-refractivity contribution in [1.82, 2.24) is 10.6 Å². The summed E-state index contributed by atoms with van der Waals surface area (Å²) in [6.07, 6.45) is 9.56. The summed E-state index contributed by atoms with van der Waals surface area (Å²) >= 11 is 0. The average Bonchev–Trinajstić information content (AvgIpc) is 2.67. The van der Waals surface area contributed by atoms with E-state index in [2.05, 4.69) is 10.6 Å². The average molecular weight is 379 g/mol. The molecule has 1 unspecified atom stereocenters. The zero-order valence-electron chi connectivity index (χ0n) is 15.6. The zero-order chi connectivity index (χ0) is 18.4. The lowest BCUT2D eigenvalue weighted by atomic mass is 9.95. The Bertz CT molecular complexity index is 638. The zero-order valence-corrected chi connectivity index (χ0v) is 16.4. The van der Waals surface area contributed by atoms with Crippen LogP contribution in [0.3, 0.4) is 0 Å². The van der Waals surface area contributed by atoms with E-state index < -0.39 is 10.8 Å². The summed E-state index contributed by atoms with van der Waals surface area (Å²) in [6, 6.07) is 5.58. The number of carbonyl (C=O) groups excluding carboxylic acids is 1. The smallest absolute Gasteiger partial charge is 0.251 e. The van der Waals surface area contributed by atoms with E-state index in [1.807, 2.05) is 0 Å². The maximum atomic E-state index is 12.5. The fourth-order valence-corrected chi connectivity index (χ4v) is 4.47. The highest BCUT2D eigenvalue weighted by Gasteiger charge is 2.19. The molecule has 1 aromatic rings. The highest BCUT2D eigenvalue weighted by molar-refractivity contribution is 7.84. The van der Waals surface area contributed by atoms with Crippen molar-refractivity contribution in [1.29, 1.82) is 0 Å². The molecule has 1 atom stereocenters. The number of ether oxygens (including phenoxy) is 1. The molecule has 5 nitrogen and oxygen atoms in total. The van der Waals surface area contributed by atoms with E-state index in [1.54, 1.807) is 24.5 Å². The lowest BCUT2D eigenvalue weighted by Gasteiger charge is -2.24. The Morgan fingerprint density at radius 2 is 1.92 bits per heavy atom. The first-order valence-electron chi connectivity index (χ1n) is 9.75. The quantitative estimate of drug-likeness (QED) is 0.799. The van der Waals surface area contributed by atoms with E-state index in [0.29, 0.717) is 28.7 Å². The molecule has 144 valence electrons. The molecule has 0 bridgehead atoms. The molecule has 1 saturated carbocycles. The van der Waals surface area contributed by atoms with Crippen LogP contribution < -0.4 is 15.4 Å². The summed E-state index contributed by atoms with van der Waals surface area (Å²) in [5.41, 5.74) is 0.565. The van der Waals surface area contributed by atoms with Gasteiger partial charge in [0.05, 0.1) is 22.3 Å². The van der Waals surface area contributed by atoms with Crippen LogP contribution in [0.15, 0.2) is 23.1 Å². The Labute approximate surface area is 158 Å². The highest BCUT2D eigenvalue weighted by atomic mass is 32.2. The molecule has 0 spiro atoms. The van der Waals surface area contributed by atoms with Gasteiger partial charge in [-0.15, -0.1) is 0 Å². The van der Waals surface area contributed by atoms with Crippen LogP contribution in [0.4, 0.5) is 0 Å². The maximum absolute atomic E-state index is 12.5. The Hall–Kier alpha value is -1.40. The Morgan fingerprint density at radius 3 is 2.62 bits per heavy atom. The molecule has 2 aliphatic rings. The van der Waals surface area contributed by atoms with Gasteiger partial charge < -0.3 is 15.4 Å². The fourth-order valence-electron chi connectivity index (χ4n) is 3.76. The van der Waals surface area contributed by atoms with E-state index in [0.717, 1.165) is 38.8 Å². The molecule has 1 aromatic carbocycles. The number of piperidine rings is 1. The maximum Gasteiger partial charge on any atom is 0.251 e. The second kappa shape index (κ2) is 9.51. The van der Waals surface area contributed by atoms with Crippen molar-refractivity contribution in [2.24, 2.45) is 5.92 Å². The Balaban J connectivity index is 1.65. The van der Waals surface area contributed by atoms with Crippen molar-refractivity contribution >= 4 is 16.7 Å². The third-order valence-corrected chi connectivity index (χ3v) is 6.33. The van der Waals surface area contributed by atoms with Gasteiger partial charge in [-0.05, 0) is 62.9 Å². The first-order chi connectivity index (χ1) is 12.6. The second-order valence-electron chi connectivity index (χ2n) is 7.43. The van der Waals surface area contributed by atoms with Crippen molar-refractivity contribution in [2.75, 3.05) is 26.0 Å². The third-order valence-electron chi connectivity index (χ3n) is 5.39. The first kappa shape index (κ1) is 19.4. The van der Waals surface area contributed by atoms with Gasteiger partial charge in [-0.25, -0.2) is 0 Å². The number of amides is 1. The number of hydrogen-bond acceptors (Lipinski definition) is 4. The summed E-state index contributed by atoms with van der Waals surface area (Å²) in [5, 5.41) is 6.47. The molecular weight excluding hydrogens is 348 g/mol. The summed E-state index contributed by atoms with van der Waals surface area (Å²) in [6.45, 7) is 2.70. The van der Waals surface area contributed by atoms with Crippen LogP contribution in [0.25, 0.3) is 0 Å². The van der Waals surface area contributed by atoms with Gasteiger partial charge in [-0.3, -0.25) is 9.00 Å². The molecule has 1 saturated heterocycles. The predicted molar refractivity (Wildman–Crippen MR) is 104 cm³/mol. The summed E-state index contributed by atoms with van der Waals surface area (Å²) in [7, 11) is -1.20. The largest absolute Gasteiger partial charge is 0.492 e. The van der Waals surface area contributed by atoms with E-state index >= 15 is 0 Å². The molecule has 6 heteroatoms. The first-order valence-corrected chi connectivity index (χ1v) is 11.3. The SMILES string of the molecule is CS(=O)c1cc(C(=O)NC2CCCCC2)ccc1OCC1CCNCC1. The van der Waals surface area contributed by atoms with Crippen LogP contribution in [0.1, 0.15) is 55.3 Å². The molecule has 2 N–H and O–H groups in total. The van der Waals surface area contributed by atoms with Gasteiger partial charge in [0.15, 0.2) is 0 Å². The van der Waals surface area contributed by atoms with Crippen molar-refractivity contribution in [3.05, 3.63) is 23.8 Å². The minimum absolute atomic E-state index is 0.0755. The van der Waals surface area contributed by atoms with Crippen molar-refractivity contribution < 1.29 is 13.7 Å². The molecule has 26 heavy (non-hydrogen) atoms. The monoisotopic (exact) mass is 378 g/mol. The summed E-state index contributed by atoms with van der Waals surface area (Å²) < 4.78 is 18.1. The molecule has 2 fully saturated rings. The molecule has 3 rings (SSSR count). The second-order valence-corrected chi connectivity index (χ2v) is 8.78. The van der Waals surface area contributed by atoms with Gasteiger partial charge in [0, 0.05) is 17.9 Å². The van der Waals surface area contributed by atoms with E-state index in [1.165, 1.54) is 19.3 Å². The summed E-state index contributed by atoms with van der Waals surface area (Å²) in [5.74, 6) is 1.09. The van der Waals surface area contributed by atoms with Gasteiger partial charge in [0.1, 0.15) is 5.75 Å². The number of benzene rings is 1.